The van der Waals surface area contributed by atoms with Crippen LogP contribution in [0.1, 0.15) is 51.9 Å². The molecule has 6 atom stereocenters. The molecule has 2 bridgehead atoms. The van der Waals surface area contributed by atoms with Crippen LogP contribution >= 0.6 is 24.2 Å². The summed E-state index contributed by atoms with van der Waals surface area (Å²) in [4.78, 5) is 12.6. The SMILES string of the molecule is CCSC1CCCC(NC(=O)C2C3CCC(C3)C2N)C1.Cl. The molecule has 3 aliphatic rings. The van der Waals surface area contributed by atoms with Crippen LogP contribution in [0.15, 0.2) is 0 Å². The summed E-state index contributed by atoms with van der Waals surface area (Å²) in [6.45, 7) is 2.22. The topological polar surface area (TPSA) is 55.1 Å². The van der Waals surface area contributed by atoms with E-state index in [1.54, 1.807) is 0 Å². The molecule has 3 fully saturated rings. The zero-order valence-corrected chi connectivity index (χ0v) is 14.6. The first-order valence-corrected chi connectivity index (χ1v) is 9.41. The fourth-order valence-corrected chi connectivity index (χ4v) is 5.86. The Balaban J connectivity index is 0.00000161. The molecule has 5 heteroatoms. The summed E-state index contributed by atoms with van der Waals surface area (Å²) in [7, 11) is 0. The van der Waals surface area contributed by atoms with E-state index in [0.29, 0.717) is 17.9 Å². The third-order valence-electron chi connectivity index (χ3n) is 5.66. The van der Waals surface area contributed by atoms with Gasteiger partial charge in [0.25, 0.3) is 0 Å². The van der Waals surface area contributed by atoms with E-state index in [9.17, 15) is 4.79 Å². The summed E-state index contributed by atoms with van der Waals surface area (Å²) < 4.78 is 0. The first-order chi connectivity index (χ1) is 9.69. The van der Waals surface area contributed by atoms with Crippen LogP contribution in [0.5, 0.6) is 0 Å². The van der Waals surface area contributed by atoms with Crippen LogP contribution in [0.4, 0.5) is 0 Å². The number of halogens is 1. The zero-order chi connectivity index (χ0) is 14.1. The quantitative estimate of drug-likeness (QED) is 0.832. The molecule has 0 aromatic rings. The molecule has 0 aromatic heterocycles. The first kappa shape index (κ1) is 17.4. The Morgan fingerprint density at radius 1 is 1.19 bits per heavy atom. The Hall–Kier alpha value is 0.0700. The van der Waals surface area contributed by atoms with Crippen LogP contribution in [0, 0.1) is 17.8 Å². The second-order valence-electron chi connectivity index (χ2n) is 6.89. The lowest BCUT2D eigenvalue weighted by Crippen LogP contribution is -2.49. The minimum atomic E-state index is 0. The molecule has 0 aromatic carbocycles. The maximum atomic E-state index is 12.6. The minimum Gasteiger partial charge on any atom is -0.353 e. The fourth-order valence-electron chi connectivity index (χ4n) is 4.69. The molecule has 1 amide bonds. The molecule has 3 nitrogen and oxygen atoms in total. The van der Waals surface area contributed by atoms with Crippen molar-refractivity contribution in [3.05, 3.63) is 0 Å². The lowest BCUT2D eigenvalue weighted by Gasteiger charge is -2.32. The van der Waals surface area contributed by atoms with Crippen molar-refractivity contribution in [3.63, 3.8) is 0 Å². The van der Waals surface area contributed by atoms with E-state index in [1.165, 1.54) is 37.9 Å². The van der Waals surface area contributed by atoms with Crippen molar-refractivity contribution in [2.24, 2.45) is 23.5 Å². The predicted molar refractivity (Wildman–Crippen MR) is 91.9 cm³/mol. The number of nitrogens with one attached hydrogen (secondary N) is 1. The lowest BCUT2D eigenvalue weighted by atomic mass is 9.83. The highest BCUT2D eigenvalue weighted by Gasteiger charge is 2.49. The summed E-state index contributed by atoms with van der Waals surface area (Å²) in [6.07, 6.45) is 8.54. The van der Waals surface area contributed by atoms with Crippen LogP contribution in [0.2, 0.25) is 0 Å². The molecular formula is C16H29ClN2OS. The summed E-state index contributed by atoms with van der Waals surface area (Å²) in [5, 5.41) is 4.08. The van der Waals surface area contributed by atoms with Gasteiger partial charge in [-0.25, -0.2) is 0 Å². The molecule has 6 unspecified atom stereocenters. The summed E-state index contributed by atoms with van der Waals surface area (Å²) in [5.41, 5.74) is 6.28. The van der Waals surface area contributed by atoms with Crippen molar-refractivity contribution in [2.75, 3.05) is 5.75 Å². The standard InChI is InChI=1S/C16H28N2OS.ClH/c1-2-20-13-5-3-4-12(9-13)18-16(19)14-10-6-7-11(8-10)15(14)17;/h10-15H,2-9,17H2,1H3,(H,18,19);1H. The maximum absolute atomic E-state index is 12.6. The van der Waals surface area contributed by atoms with Gasteiger partial charge < -0.3 is 11.1 Å². The highest BCUT2D eigenvalue weighted by molar-refractivity contribution is 7.99. The van der Waals surface area contributed by atoms with E-state index in [2.05, 4.69) is 24.0 Å². The summed E-state index contributed by atoms with van der Waals surface area (Å²) in [6, 6.07) is 0.518. The number of nitrogens with two attached hydrogens (primary N) is 1. The third kappa shape index (κ3) is 3.70. The van der Waals surface area contributed by atoms with Gasteiger partial charge in [-0.1, -0.05) is 13.3 Å². The first-order valence-electron chi connectivity index (χ1n) is 8.36. The molecule has 0 aliphatic heterocycles. The maximum Gasteiger partial charge on any atom is 0.225 e. The van der Waals surface area contributed by atoms with Crippen LogP contribution in [-0.2, 0) is 4.79 Å². The van der Waals surface area contributed by atoms with Crippen molar-refractivity contribution >= 4 is 30.1 Å². The Bertz CT molecular complexity index is 364. The van der Waals surface area contributed by atoms with Crippen LogP contribution in [-0.4, -0.2) is 29.0 Å². The molecule has 3 saturated carbocycles. The molecule has 122 valence electrons. The highest BCUT2D eigenvalue weighted by Crippen LogP contribution is 2.47. The molecular weight excluding hydrogens is 304 g/mol. The number of rotatable bonds is 4. The van der Waals surface area contributed by atoms with E-state index < -0.39 is 0 Å². The zero-order valence-electron chi connectivity index (χ0n) is 12.9. The van der Waals surface area contributed by atoms with E-state index >= 15 is 0 Å². The Morgan fingerprint density at radius 2 is 1.95 bits per heavy atom. The number of hydrogen-bond acceptors (Lipinski definition) is 3. The Morgan fingerprint density at radius 3 is 2.62 bits per heavy atom. The number of carbonyl (C=O) groups is 1. The van der Waals surface area contributed by atoms with Crippen LogP contribution < -0.4 is 11.1 Å². The summed E-state index contributed by atoms with van der Waals surface area (Å²) >= 11 is 2.05. The Kier molecular flexibility index (Phi) is 6.27. The smallest absolute Gasteiger partial charge is 0.225 e. The van der Waals surface area contributed by atoms with Crippen molar-refractivity contribution in [1.29, 1.82) is 0 Å². The Labute approximate surface area is 139 Å². The molecule has 3 N–H and O–H groups in total. The molecule has 0 saturated heterocycles. The lowest BCUT2D eigenvalue weighted by molar-refractivity contribution is -0.128. The van der Waals surface area contributed by atoms with Gasteiger partial charge in [-0.3, -0.25) is 4.79 Å². The molecule has 3 aliphatic carbocycles. The number of hydrogen-bond donors (Lipinski definition) is 2. The summed E-state index contributed by atoms with van der Waals surface area (Å²) in [5.74, 6) is 2.73. The number of carbonyl (C=O) groups excluding carboxylic acids is 1. The van der Waals surface area contributed by atoms with Crippen LogP contribution in [0.25, 0.3) is 0 Å². The monoisotopic (exact) mass is 332 g/mol. The molecule has 0 radical (unpaired) electrons. The van der Waals surface area contributed by atoms with Crippen LogP contribution in [0.3, 0.4) is 0 Å². The van der Waals surface area contributed by atoms with Gasteiger partial charge in [0.05, 0.1) is 5.92 Å². The van der Waals surface area contributed by atoms with Gasteiger partial charge in [0.1, 0.15) is 0 Å². The predicted octanol–water partition coefficient (Wildman–Crippen LogP) is 2.96. The average Bonchev–Trinajstić information content (AvgIpc) is 3.00. The van der Waals surface area contributed by atoms with Gasteiger partial charge in [0, 0.05) is 17.3 Å². The number of fused-ring (bicyclic) bond motifs is 2. The van der Waals surface area contributed by atoms with E-state index in [-0.39, 0.29) is 30.3 Å². The molecule has 0 heterocycles. The van der Waals surface area contributed by atoms with E-state index in [0.717, 1.165) is 18.1 Å². The number of thioether (sulfide) groups is 1. The highest BCUT2D eigenvalue weighted by atomic mass is 35.5. The third-order valence-corrected chi connectivity index (χ3v) is 6.89. The largest absolute Gasteiger partial charge is 0.353 e. The van der Waals surface area contributed by atoms with Gasteiger partial charge in [0.2, 0.25) is 5.91 Å². The van der Waals surface area contributed by atoms with Crippen molar-refractivity contribution in [2.45, 2.75) is 69.2 Å². The van der Waals surface area contributed by atoms with Gasteiger partial charge in [0.15, 0.2) is 0 Å². The number of amides is 1. The van der Waals surface area contributed by atoms with Gasteiger partial charge in [-0.15, -0.1) is 12.4 Å². The van der Waals surface area contributed by atoms with Gasteiger partial charge >= 0.3 is 0 Å². The average molecular weight is 333 g/mol. The van der Waals surface area contributed by atoms with E-state index in [4.69, 9.17) is 5.73 Å². The minimum absolute atomic E-state index is 0. The molecule has 0 spiro atoms. The van der Waals surface area contributed by atoms with E-state index in [1.807, 2.05) is 0 Å². The van der Waals surface area contributed by atoms with Crippen molar-refractivity contribution in [3.8, 4) is 0 Å². The second-order valence-corrected chi connectivity index (χ2v) is 8.46. The normalized spacial score (nSPS) is 41.6. The second kappa shape index (κ2) is 7.56. The molecule has 21 heavy (non-hydrogen) atoms. The van der Waals surface area contributed by atoms with Gasteiger partial charge in [-0.2, -0.15) is 11.8 Å². The van der Waals surface area contributed by atoms with Crippen molar-refractivity contribution < 1.29 is 4.79 Å². The molecule has 3 rings (SSSR count). The fraction of sp³-hybridized carbons (Fsp3) is 0.938. The van der Waals surface area contributed by atoms with Gasteiger partial charge in [-0.05, 0) is 56.1 Å². The van der Waals surface area contributed by atoms with Crippen molar-refractivity contribution in [1.82, 2.24) is 5.32 Å².